The number of aromatic hydroxyl groups is 1. The average Bonchev–Trinajstić information content (AvgIpc) is 2.52. The van der Waals surface area contributed by atoms with Crippen molar-refractivity contribution >= 4 is 13.4 Å². The van der Waals surface area contributed by atoms with Crippen molar-refractivity contribution in [2.45, 2.75) is 27.7 Å². The van der Waals surface area contributed by atoms with Crippen molar-refractivity contribution in [3.05, 3.63) is 47.2 Å². The summed E-state index contributed by atoms with van der Waals surface area (Å²) in [4.78, 5) is 4.12. The Morgan fingerprint density at radius 1 is 1.22 bits per heavy atom. The van der Waals surface area contributed by atoms with Crippen LogP contribution in [0, 0.1) is 20.8 Å². The van der Waals surface area contributed by atoms with Crippen LogP contribution in [0.15, 0.2) is 30.5 Å². The normalized spacial score (nSPS) is 13.4. The zero-order valence-electron chi connectivity index (χ0n) is 13.7. The molecule has 0 aliphatic heterocycles. The second-order valence-electron chi connectivity index (χ2n) is 5.29. The number of anilines is 1. The van der Waals surface area contributed by atoms with Crippen LogP contribution in [0.2, 0.25) is 0 Å². The lowest BCUT2D eigenvalue weighted by Gasteiger charge is -2.19. The minimum absolute atomic E-state index is 0.185. The first-order valence-electron chi connectivity index (χ1n) is 7.29. The summed E-state index contributed by atoms with van der Waals surface area (Å²) in [7, 11) is -3.39. The van der Waals surface area contributed by atoms with Crippen molar-refractivity contribution in [1.29, 1.82) is 0 Å². The zero-order chi connectivity index (χ0) is 17.0. The fraction of sp³-hybridized carbons (Fsp3) is 0.312. The van der Waals surface area contributed by atoms with Gasteiger partial charge in [-0.25, -0.2) is 15.0 Å². The molecule has 124 valence electrons. The van der Waals surface area contributed by atoms with Gasteiger partial charge < -0.3 is 9.63 Å². The van der Waals surface area contributed by atoms with Crippen molar-refractivity contribution < 1.29 is 18.8 Å². The minimum atomic E-state index is -3.39. The van der Waals surface area contributed by atoms with E-state index in [0.717, 1.165) is 5.56 Å². The second-order valence-corrected chi connectivity index (χ2v) is 7.51. The Morgan fingerprint density at radius 2 is 1.87 bits per heavy atom. The first kappa shape index (κ1) is 17.3. The van der Waals surface area contributed by atoms with Crippen LogP contribution in [-0.4, -0.2) is 16.3 Å². The van der Waals surface area contributed by atoms with E-state index in [9.17, 15) is 9.67 Å². The van der Waals surface area contributed by atoms with E-state index in [0.29, 0.717) is 22.7 Å². The first-order chi connectivity index (χ1) is 10.8. The van der Waals surface area contributed by atoms with Gasteiger partial charge in [-0.1, -0.05) is 13.0 Å². The number of nitrogens with zero attached hydrogens (tertiary/aromatic N) is 1. The molecule has 0 radical (unpaired) electrons. The smallest absolute Gasteiger partial charge is 0.400 e. The van der Waals surface area contributed by atoms with E-state index in [1.807, 2.05) is 13.0 Å². The highest BCUT2D eigenvalue weighted by molar-refractivity contribution is 7.54. The van der Waals surface area contributed by atoms with Gasteiger partial charge >= 0.3 is 7.60 Å². The van der Waals surface area contributed by atoms with Crippen LogP contribution in [0.4, 0.5) is 5.82 Å². The number of hydrogen-bond donors (Lipinski definition) is 2. The molecule has 2 rings (SSSR count). The number of phenolic OH excluding ortho intramolecular Hbond substituents is 1. The third-order valence-electron chi connectivity index (χ3n) is 3.39. The molecular weight excluding hydrogens is 315 g/mol. The van der Waals surface area contributed by atoms with Gasteiger partial charge in [0.15, 0.2) is 5.82 Å². The van der Waals surface area contributed by atoms with E-state index in [4.69, 9.17) is 9.15 Å². The van der Waals surface area contributed by atoms with Gasteiger partial charge in [-0.3, -0.25) is 0 Å². The van der Waals surface area contributed by atoms with Crippen LogP contribution < -0.4 is 10.0 Å². The van der Waals surface area contributed by atoms with Gasteiger partial charge in [0.1, 0.15) is 11.5 Å². The van der Waals surface area contributed by atoms with Crippen LogP contribution in [-0.2, 0) is 9.19 Å². The van der Waals surface area contributed by atoms with E-state index >= 15 is 0 Å². The summed E-state index contributed by atoms with van der Waals surface area (Å²) in [6.07, 6.45) is 1.80. The average molecular weight is 336 g/mol. The molecule has 0 fully saturated rings. The quantitative estimate of drug-likeness (QED) is 0.603. The van der Waals surface area contributed by atoms with E-state index in [1.165, 1.54) is 0 Å². The summed E-state index contributed by atoms with van der Waals surface area (Å²) in [5, 5.41) is 9.79. The maximum atomic E-state index is 12.7. The minimum Gasteiger partial charge on any atom is -0.507 e. The largest absolute Gasteiger partial charge is 0.507 e. The maximum absolute atomic E-state index is 12.7. The van der Waals surface area contributed by atoms with Crippen LogP contribution in [0.1, 0.15) is 23.6 Å². The Kier molecular flexibility index (Phi) is 5.29. The molecule has 0 saturated carbocycles. The van der Waals surface area contributed by atoms with Gasteiger partial charge in [0.25, 0.3) is 0 Å². The number of phenols is 1. The molecule has 2 aromatic rings. The molecule has 7 heteroatoms. The molecular formula is C16H21N2O4P. The predicted octanol–water partition coefficient (Wildman–Crippen LogP) is 4.35. The Hall–Kier alpha value is -2.04. The molecule has 0 aliphatic carbocycles. The lowest BCUT2D eigenvalue weighted by Crippen LogP contribution is -2.08. The number of aryl methyl sites for hydroxylation is 3. The number of pyridine rings is 1. The molecule has 0 aliphatic rings. The molecule has 0 bridgehead atoms. The monoisotopic (exact) mass is 336 g/mol. The van der Waals surface area contributed by atoms with E-state index in [1.54, 1.807) is 45.2 Å². The predicted molar refractivity (Wildman–Crippen MR) is 90.0 cm³/mol. The molecule has 6 nitrogen and oxygen atoms in total. The number of rotatable bonds is 6. The van der Waals surface area contributed by atoms with Gasteiger partial charge in [0.2, 0.25) is 0 Å². The molecule has 2 N–H and O–H groups in total. The molecule has 1 aromatic carbocycles. The van der Waals surface area contributed by atoms with Crippen molar-refractivity contribution in [2.24, 2.45) is 0 Å². The standard InChI is InChI=1S/C16H21N2O4P/c1-5-23(20,22-18-16-11(2)7-6-8-17-16)21-14-9-12(3)15(19)13(4)10-14/h6-10,19H,5H2,1-4H3,(H,17,18). The van der Waals surface area contributed by atoms with Crippen LogP contribution in [0.5, 0.6) is 11.5 Å². The van der Waals surface area contributed by atoms with Crippen molar-refractivity contribution in [3.63, 3.8) is 0 Å². The number of nitrogens with one attached hydrogen (secondary N) is 1. The lowest BCUT2D eigenvalue weighted by molar-refractivity contribution is 0.317. The first-order valence-corrected chi connectivity index (χ1v) is 9.02. The molecule has 0 spiro atoms. The van der Waals surface area contributed by atoms with Crippen LogP contribution in [0.3, 0.4) is 0 Å². The van der Waals surface area contributed by atoms with Crippen molar-refractivity contribution in [3.8, 4) is 11.5 Å². The Labute approximate surface area is 136 Å². The molecule has 1 aromatic heterocycles. The summed E-state index contributed by atoms with van der Waals surface area (Å²) in [6.45, 7) is 7.09. The van der Waals surface area contributed by atoms with Crippen molar-refractivity contribution in [2.75, 3.05) is 11.6 Å². The molecule has 0 amide bonds. The number of aromatic nitrogens is 1. The van der Waals surface area contributed by atoms with E-state index in [2.05, 4.69) is 10.5 Å². The Bertz CT molecular complexity index is 726. The van der Waals surface area contributed by atoms with E-state index in [-0.39, 0.29) is 11.9 Å². The topological polar surface area (TPSA) is 80.7 Å². The fourth-order valence-electron chi connectivity index (χ4n) is 1.98. The van der Waals surface area contributed by atoms with E-state index < -0.39 is 7.60 Å². The van der Waals surface area contributed by atoms with Gasteiger partial charge in [-0.05, 0) is 55.7 Å². The summed E-state index contributed by atoms with van der Waals surface area (Å²) in [5.41, 5.74) is 4.78. The highest BCUT2D eigenvalue weighted by atomic mass is 31.2. The fourth-order valence-corrected chi connectivity index (χ4v) is 2.93. The van der Waals surface area contributed by atoms with Gasteiger partial charge in [-0.15, -0.1) is 0 Å². The Balaban J connectivity index is 2.15. The van der Waals surface area contributed by atoms with Gasteiger partial charge in [-0.2, -0.15) is 4.62 Å². The summed E-state index contributed by atoms with van der Waals surface area (Å²) in [6, 6.07) is 6.92. The zero-order valence-corrected chi connectivity index (χ0v) is 14.6. The van der Waals surface area contributed by atoms with Crippen LogP contribution >= 0.6 is 7.60 Å². The highest BCUT2D eigenvalue weighted by Crippen LogP contribution is 2.48. The second kappa shape index (κ2) is 7.02. The molecule has 0 saturated heterocycles. The summed E-state index contributed by atoms with van der Waals surface area (Å²) < 4.78 is 23.6. The molecule has 1 unspecified atom stereocenters. The number of benzene rings is 1. The van der Waals surface area contributed by atoms with Crippen LogP contribution in [0.25, 0.3) is 0 Å². The van der Waals surface area contributed by atoms with Crippen molar-refractivity contribution in [1.82, 2.24) is 4.98 Å². The van der Waals surface area contributed by atoms with Gasteiger partial charge in [0.05, 0.1) is 6.16 Å². The molecule has 1 heterocycles. The molecule has 1 atom stereocenters. The highest BCUT2D eigenvalue weighted by Gasteiger charge is 2.25. The lowest BCUT2D eigenvalue weighted by atomic mass is 10.1. The summed E-state index contributed by atoms with van der Waals surface area (Å²) >= 11 is 0. The van der Waals surface area contributed by atoms with Gasteiger partial charge in [0, 0.05) is 6.20 Å². The number of hydrogen-bond acceptors (Lipinski definition) is 6. The molecule has 23 heavy (non-hydrogen) atoms. The Morgan fingerprint density at radius 3 is 2.43 bits per heavy atom. The SMILES string of the molecule is CCP(=O)(ONc1ncccc1C)Oc1cc(C)c(O)c(C)c1. The third kappa shape index (κ3) is 4.24. The maximum Gasteiger partial charge on any atom is 0.400 e. The third-order valence-corrected chi connectivity index (χ3v) is 5.02. The summed E-state index contributed by atoms with van der Waals surface area (Å²) in [5.74, 6) is 1.08.